The summed E-state index contributed by atoms with van der Waals surface area (Å²) < 4.78 is 30.9. The summed E-state index contributed by atoms with van der Waals surface area (Å²) in [4.78, 5) is 11.2. The van der Waals surface area contributed by atoms with Gasteiger partial charge < -0.3 is 9.87 Å². The van der Waals surface area contributed by atoms with Gasteiger partial charge in [-0.3, -0.25) is 4.79 Å². The van der Waals surface area contributed by atoms with Crippen molar-refractivity contribution in [2.24, 2.45) is 0 Å². The molecule has 0 rings (SSSR count). The molecule has 0 aromatic rings. The molecule has 0 aliphatic carbocycles. The molecule has 0 saturated heterocycles. The van der Waals surface area contributed by atoms with Crippen molar-refractivity contribution >= 4 is 16.0 Å². The Bertz CT molecular complexity index is 333. The largest absolute Gasteiger partial charge is 1.00 e. The van der Waals surface area contributed by atoms with Gasteiger partial charge in [0.1, 0.15) is 16.0 Å². The van der Waals surface area contributed by atoms with Gasteiger partial charge in [0.25, 0.3) is 0 Å². The molecule has 7 heteroatoms. The molecule has 0 aliphatic rings. The van der Waals surface area contributed by atoms with Crippen LogP contribution in [0.5, 0.6) is 0 Å². The molecule has 114 valence electrons. The van der Waals surface area contributed by atoms with Crippen LogP contribution in [0.15, 0.2) is 0 Å². The third-order valence-electron chi connectivity index (χ3n) is 2.95. The van der Waals surface area contributed by atoms with Crippen LogP contribution in [0.1, 0.15) is 71.1 Å². The molecule has 0 bridgehead atoms. The molecule has 0 aromatic heterocycles. The second kappa shape index (κ2) is 14.3. The van der Waals surface area contributed by atoms with Gasteiger partial charge in [-0.2, -0.15) is 0 Å². The van der Waals surface area contributed by atoms with E-state index >= 15 is 0 Å². The zero-order valence-corrected chi connectivity index (χ0v) is 15.6. The third kappa shape index (κ3) is 18.4. The Morgan fingerprint density at radius 2 is 1.40 bits per heavy atom. The number of nitrogens with one attached hydrogen (secondary N) is 1. The molecular weight excluding hydrogens is 289 g/mol. The minimum Gasteiger partial charge on any atom is -0.747 e. The van der Waals surface area contributed by atoms with Gasteiger partial charge in [0.05, 0.1) is 0 Å². The Balaban J connectivity index is 0. The van der Waals surface area contributed by atoms with Crippen LogP contribution < -0.4 is 34.9 Å². The molecule has 0 aromatic carbocycles. The number of carbonyl (C=O) groups is 1. The minimum atomic E-state index is -4.35. The summed E-state index contributed by atoms with van der Waals surface area (Å²) in [5, 5.41) is 2.11. The van der Waals surface area contributed by atoms with Crippen molar-refractivity contribution in [2.45, 2.75) is 71.1 Å². The summed E-state index contributed by atoms with van der Waals surface area (Å²) in [7, 11) is -4.35. The van der Waals surface area contributed by atoms with Crippen LogP contribution in [0.4, 0.5) is 0 Å². The van der Waals surface area contributed by atoms with Gasteiger partial charge >= 0.3 is 29.6 Å². The third-order valence-corrected chi connectivity index (χ3v) is 3.45. The maximum atomic E-state index is 11.2. The van der Waals surface area contributed by atoms with Gasteiger partial charge in [-0.15, -0.1) is 0 Å². The van der Waals surface area contributed by atoms with Gasteiger partial charge in [-0.25, -0.2) is 8.42 Å². The first-order valence-corrected chi connectivity index (χ1v) is 8.73. The summed E-state index contributed by atoms with van der Waals surface area (Å²) in [6.07, 6.45) is 10.7. The first-order chi connectivity index (χ1) is 8.95. The van der Waals surface area contributed by atoms with Crippen LogP contribution in [-0.4, -0.2) is 24.8 Å². The van der Waals surface area contributed by atoms with Crippen LogP contribution >= 0.6 is 0 Å². The molecule has 0 spiro atoms. The number of hydrogen-bond donors (Lipinski definition) is 1. The predicted octanol–water partition coefficient (Wildman–Crippen LogP) is -0.470. The summed E-state index contributed by atoms with van der Waals surface area (Å²) in [6, 6.07) is 0. The van der Waals surface area contributed by atoms with Crippen molar-refractivity contribution in [1.82, 2.24) is 5.32 Å². The first-order valence-electron chi connectivity index (χ1n) is 7.16. The van der Waals surface area contributed by atoms with Gasteiger partial charge in [0.15, 0.2) is 0 Å². The molecule has 0 radical (unpaired) electrons. The Morgan fingerprint density at radius 3 is 1.85 bits per heavy atom. The fraction of sp³-hybridized carbons (Fsp3) is 0.923. The van der Waals surface area contributed by atoms with Crippen molar-refractivity contribution in [3.05, 3.63) is 0 Å². The van der Waals surface area contributed by atoms with Crippen LogP contribution in [0.3, 0.4) is 0 Å². The van der Waals surface area contributed by atoms with Crippen molar-refractivity contribution < 1.29 is 47.3 Å². The number of unbranched alkanes of at least 4 members (excludes halogenated alkanes) is 8. The monoisotopic (exact) mass is 315 g/mol. The quantitative estimate of drug-likeness (QED) is 0.300. The Kier molecular flexibility index (Phi) is 16.2. The Hall–Kier alpha value is 0.380. The fourth-order valence-corrected chi connectivity index (χ4v) is 2.19. The second-order valence-corrected chi connectivity index (χ2v) is 6.28. The number of rotatable bonds is 12. The molecule has 20 heavy (non-hydrogen) atoms. The van der Waals surface area contributed by atoms with Crippen LogP contribution in [0.2, 0.25) is 0 Å². The SMILES string of the molecule is CCCCCCCCCCCC(=O)NCS(=O)(=O)[O-].[Na+]. The van der Waals surface area contributed by atoms with Crippen LogP contribution in [0, 0.1) is 0 Å². The standard InChI is InChI=1S/C13H27NO4S.Na/c1-2-3-4-5-6-7-8-9-10-11-13(15)14-12-19(16,17)18;/h2-12H2,1H3,(H,14,15)(H,16,17,18);/q;+1/p-1. The second-order valence-electron chi connectivity index (χ2n) is 4.88. The molecule has 0 saturated carbocycles. The maximum absolute atomic E-state index is 11.2. The molecule has 0 aliphatic heterocycles. The van der Waals surface area contributed by atoms with Crippen molar-refractivity contribution in [2.75, 3.05) is 5.88 Å². The normalized spacial score (nSPS) is 10.9. The van der Waals surface area contributed by atoms with E-state index in [-0.39, 0.29) is 35.5 Å². The molecule has 0 heterocycles. The molecule has 1 amide bonds. The van der Waals surface area contributed by atoms with Gasteiger partial charge in [-0.1, -0.05) is 58.3 Å². The van der Waals surface area contributed by atoms with Crippen molar-refractivity contribution in [3.63, 3.8) is 0 Å². The van der Waals surface area contributed by atoms with E-state index in [1.165, 1.54) is 38.5 Å². The van der Waals surface area contributed by atoms with Crippen LogP contribution in [-0.2, 0) is 14.9 Å². The summed E-state index contributed by atoms with van der Waals surface area (Å²) in [5.74, 6) is -1.16. The topological polar surface area (TPSA) is 86.3 Å². The molecule has 1 N–H and O–H groups in total. The Labute approximate surface area is 145 Å². The molecule has 0 fully saturated rings. The molecular formula is C13H26NNaO4S. The minimum absolute atomic E-state index is 0. The average Bonchev–Trinajstić information content (AvgIpc) is 2.33. The smallest absolute Gasteiger partial charge is 0.747 e. The zero-order chi connectivity index (χ0) is 14.6. The molecule has 0 unspecified atom stereocenters. The average molecular weight is 315 g/mol. The summed E-state index contributed by atoms with van der Waals surface area (Å²) >= 11 is 0. The van der Waals surface area contributed by atoms with E-state index in [4.69, 9.17) is 0 Å². The predicted molar refractivity (Wildman–Crippen MR) is 74.6 cm³/mol. The van der Waals surface area contributed by atoms with E-state index in [1.807, 2.05) is 0 Å². The zero-order valence-electron chi connectivity index (χ0n) is 12.8. The fourth-order valence-electron chi connectivity index (χ4n) is 1.85. The van der Waals surface area contributed by atoms with E-state index in [0.717, 1.165) is 19.3 Å². The summed E-state index contributed by atoms with van der Waals surface area (Å²) in [5.41, 5.74) is 0. The van der Waals surface area contributed by atoms with Crippen LogP contribution in [0.25, 0.3) is 0 Å². The molecule has 0 atom stereocenters. The summed E-state index contributed by atoms with van der Waals surface area (Å²) in [6.45, 7) is 2.20. The van der Waals surface area contributed by atoms with Crippen molar-refractivity contribution in [3.8, 4) is 0 Å². The van der Waals surface area contributed by atoms with E-state index < -0.39 is 16.0 Å². The first kappa shape index (κ1) is 22.7. The molecule has 5 nitrogen and oxygen atoms in total. The van der Waals surface area contributed by atoms with E-state index in [0.29, 0.717) is 6.42 Å². The van der Waals surface area contributed by atoms with Gasteiger partial charge in [-0.05, 0) is 6.42 Å². The van der Waals surface area contributed by atoms with E-state index in [9.17, 15) is 17.8 Å². The van der Waals surface area contributed by atoms with Gasteiger partial charge in [0, 0.05) is 6.42 Å². The number of hydrogen-bond acceptors (Lipinski definition) is 4. The van der Waals surface area contributed by atoms with Crippen molar-refractivity contribution in [1.29, 1.82) is 0 Å². The van der Waals surface area contributed by atoms with E-state index in [1.54, 1.807) is 0 Å². The number of carbonyl (C=O) groups excluding carboxylic acids is 1. The van der Waals surface area contributed by atoms with Gasteiger partial charge in [0.2, 0.25) is 5.91 Å². The maximum Gasteiger partial charge on any atom is 1.00 e. The Morgan fingerprint density at radius 1 is 0.950 bits per heavy atom. The van der Waals surface area contributed by atoms with E-state index in [2.05, 4.69) is 12.2 Å². The number of amides is 1.